The minimum Gasteiger partial charge on any atom is -0.296 e. The Morgan fingerprint density at radius 3 is 2.48 bits per heavy atom. The second kappa shape index (κ2) is 8.86. The zero-order valence-corrected chi connectivity index (χ0v) is 19.6. The van der Waals surface area contributed by atoms with Crippen molar-refractivity contribution in [2.24, 2.45) is 10.3 Å². The number of halogens is 1. The summed E-state index contributed by atoms with van der Waals surface area (Å²) in [4.78, 5) is 9.46. The van der Waals surface area contributed by atoms with Gasteiger partial charge in [0.1, 0.15) is 12.4 Å². The summed E-state index contributed by atoms with van der Waals surface area (Å²) in [6.07, 6.45) is 6.76. The van der Waals surface area contributed by atoms with Crippen molar-refractivity contribution in [2.45, 2.75) is 31.7 Å². The molecule has 0 bridgehead atoms. The summed E-state index contributed by atoms with van der Waals surface area (Å²) in [5, 5.41) is 0. The molecule has 2 aromatic carbocycles. The molecule has 0 aliphatic rings. The van der Waals surface area contributed by atoms with E-state index in [-0.39, 0.29) is 10.7 Å². The lowest BCUT2D eigenvalue weighted by Gasteiger charge is -2.06. The van der Waals surface area contributed by atoms with Gasteiger partial charge in [-0.05, 0) is 48.7 Å². The standard InChI is InChI=1S/C22H22BrN5O2S/c1-16(2)11-12-27-13-14-28(15-27)22-21(24-19-5-3-4-6-20(19)25-22)26-31(29,30)18-9-7-17(23)8-10-18/h3-10,13-16H,11-12H2,1-2H3/p+1. The highest BCUT2D eigenvalue weighted by molar-refractivity contribution is 9.10. The van der Waals surface area contributed by atoms with Crippen LogP contribution in [0.3, 0.4) is 0 Å². The number of nitrogens with zero attached hydrogens (tertiary/aromatic N) is 5. The second-order valence-electron chi connectivity index (χ2n) is 7.64. The minimum atomic E-state index is -3.71. The van der Waals surface area contributed by atoms with Gasteiger partial charge in [-0.25, -0.2) is 18.7 Å². The number of aryl methyl sites for hydroxylation is 1. The number of hydrogen-bond donors (Lipinski definition) is 1. The number of benzene rings is 2. The zero-order chi connectivity index (χ0) is 22.0. The van der Waals surface area contributed by atoms with Crippen molar-refractivity contribution < 1.29 is 13.3 Å². The number of rotatable bonds is 6. The molecule has 160 valence electrons. The van der Waals surface area contributed by atoms with Crippen LogP contribution in [-0.4, -0.2) is 23.3 Å². The van der Waals surface area contributed by atoms with Crippen molar-refractivity contribution in [3.63, 3.8) is 0 Å². The smallest absolute Gasteiger partial charge is 0.272 e. The van der Waals surface area contributed by atoms with Gasteiger partial charge in [0.25, 0.3) is 5.82 Å². The largest absolute Gasteiger partial charge is 0.296 e. The third kappa shape index (κ3) is 5.00. The van der Waals surface area contributed by atoms with Crippen LogP contribution in [0, 0.1) is 5.92 Å². The molecular weight excluding hydrogens is 478 g/mol. The van der Waals surface area contributed by atoms with Crippen LogP contribution in [0.1, 0.15) is 20.3 Å². The van der Waals surface area contributed by atoms with E-state index in [1.54, 1.807) is 28.8 Å². The highest BCUT2D eigenvalue weighted by Crippen LogP contribution is 2.26. The quantitative estimate of drug-likeness (QED) is 0.371. The Bertz CT molecular complexity index is 1340. The van der Waals surface area contributed by atoms with Crippen LogP contribution in [0.25, 0.3) is 16.9 Å². The van der Waals surface area contributed by atoms with Gasteiger partial charge >= 0.3 is 0 Å². The predicted molar refractivity (Wildman–Crippen MR) is 124 cm³/mol. The summed E-state index contributed by atoms with van der Waals surface area (Å²) < 4.78 is 32.6. The molecule has 0 radical (unpaired) electrons. The highest BCUT2D eigenvalue weighted by Gasteiger charge is 2.19. The summed E-state index contributed by atoms with van der Waals surface area (Å²) >= 11 is 3.34. The first-order valence-corrected chi connectivity index (χ1v) is 12.2. The summed E-state index contributed by atoms with van der Waals surface area (Å²) in [5.74, 6) is 1.11. The van der Waals surface area contributed by atoms with E-state index in [2.05, 4.69) is 43.7 Å². The Labute approximate surface area is 189 Å². The molecule has 9 heteroatoms. The number of imidazole rings is 1. The Morgan fingerprint density at radius 1 is 1.13 bits per heavy atom. The summed E-state index contributed by atoms with van der Waals surface area (Å²) in [6, 6.07) is 13.9. The van der Waals surface area contributed by atoms with Gasteiger partial charge in [0.15, 0.2) is 10.0 Å². The highest BCUT2D eigenvalue weighted by atomic mass is 79.9. The fourth-order valence-corrected chi connectivity index (χ4v) is 4.27. The molecular formula is C22H23BrN5O2S+. The molecule has 0 amide bonds. The van der Waals surface area contributed by atoms with Crippen LogP contribution in [0.15, 0.2) is 81.0 Å². The summed E-state index contributed by atoms with van der Waals surface area (Å²) in [7, 11) is -3.71. The number of para-hydroxylation sites is 2. The maximum Gasteiger partial charge on any atom is 0.272 e. The predicted octanol–water partition coefficient (Wildman–Crippen LogP) is 5.15. The molecule has 7 nitrogen and oxygen atoms in total. The van der Waals surface area contributed by atoms with Crippen LogP contribution in [0.2, 0.25) is 0 Å². The third-order valence-corrected chi connectivity index (χ3v) is 6.60. The fraction of sp³-hybridized carbons (Fsp3) is 0.227. The molecule has 0 aliphatic heterocycles. The molecule has 0 spiro atoms. The maximum absolute atomic E-state index is 13.1. The van der Waals surface area contributed by atoms with Crippen LogP contribution in [0.5, 0.6) is 0 Å². The van der Waals surface area contributed by atoms with E-state index in [0.29, 0.717) is 22.8 Å². The lowest BCUT2D eigenvalue weighted by atomic mass is 10.1. The molecule has 0 fully saturated rings. The van der Waals surface area contributed by atoms with Crippen LogP contribution in [0.4, 0.5) is 5.82 Å². The molecule has 2 heterocycles. The van der Waals surface area contributed by atoms with E-state index in [4.69, 9.17) is 4.98 Å². The molecule has 0 saturated carbocycles. The number of fused-ring (bicyclic) bond motifs is 1. The summed E-state index contributed by atoms with van der Waals surface area (Å²) in [6.45, 7) is 5.24. The van der Waals surface area contributed by atoms with E-state index in [1.807, 2.05) is 43.0 Å². The lowest BCUT2D eigenvalue weighted by molar-refractivity contribution is -0.697. The maximum atomic E-state index is 13.1. The van der Waals surface area contributed by atoms with Crippen molar-refractivity contribution >= 4 is 42.8 Å². The zero-order valence-electron chi connectivity index (χ0n) is 17.2. The van der Waals surface area contributed by atoms with Gasteiger partial charge in [-0.1, -0.05) is 41.9 Å². The van der Waals surface area contributed by atoms with E-state index in [1.165, 1.54) is 0 Å². The normalized spacial score (nSPS) is 13.5. The molecule has 1 N–H and O–H groups in total. The monoisotopic (exact) mass is 500 g/mol. The minimum absolute atomic E-state index is 0.112. The average Bonchev–Trinajstić information content (AvgIpc) is 3.20. The molecule has 2 aromatic heterocycles. The molecule has 4 aromatic rings. The first-order chi connectivity index (χ1) is 14.8. The average molecular weight is 501 g/mol. The molecule has 4 rings (SSSR count). The molecule has 31 heavy (non-hydrogen) atoms. The van der Waals surface area contributed by atoms with E-state index in [9.17, 15) is 8.76 Å². The van der Waals surface area contributed by atoms with Gasteiger partial charge in [0, 0.05) is 4.47 Å². The van der Waals surface area contributed by atoms with E-state index < -0.39 is 10.0 Å². The van der Waals surface area contributed by atoms with Crippen molar-refractivity contribution in [1.29, 1.82) is 0 Å². The van der Waals surface area contributed by atoms with Crippen molar-refractivity contribution in [3.05, 3.63) is 71.7 Å². The number of aromatic nitrogens is 4. The van der Waals surface area contributed by atoms with Crippen molar-refractivity contribution in [2.75, 3.05) is 0 Å². The van der Waals surface area contributed by atoms with Crippen LogP contribution >= 0.6 is 15.9 Å². The van der Waals surface area contributed by atoms with Crippen LogP contribution < -0.4 is 4.57 Å². The van der Waals surface area contributed by atoms with Crippen molar-refractivity contribution in [1.82, 2.24) is 14.5 Å². The fourth-order valence-electron chi connectivity index (χ4n) is 3.06. The first kappa shape index (κ1) is 21.6. The summed E-state index contributed by atoms with van der Waals surface area (Å²) in [5.41, 5.74) is 1.29. The second-order valence-corrected chi connectivity index (χ2v) is 10.2. The lowest BCUT2D eigenvalue weighted by Crippen LogP contribution is -2.31. The molecule has 0 saturated heterocycles. The van der Waals surface area contributed by atoms with Gasteiger partial charge in [-0.3, -0.25) is 4.55 Å². The van der Waals surface area contributed by atoms with E-state index in [0.717, 1.165) is 17.4 Å². The Morgan fingerprint density at radius 2 is 1.81 bits per heavy atom. The number of hydrogen-bond acceptors (Lipinski definition) is 4. The van der Waals surface area contributed by atoms with Gasteiger partial charge in [0.2, 0.25) is 12.1 Å². The Balaban J connectivity index is 1.84. The van der Waals surface area contributed by atoms with E-state index >= 15 is 0 Å². The first-order valence-electron chi connectivity index (χ1n) is 9.91. The SMILES string of the molecule is CC(C)CC[n+]1ccn(-c2nc3ccccc3nc2N=S(=O)(O)c2ccc(Br)cc2)c1. The van der Waals surface area contributed by atoms with Gasteiger partial charge < -0.3 is 0 Å². The topological polar surface area (TPSA) is 84.3 Å². The van der Waals surface area contributed by atoms with Crippen LogP contribution in [-0.2, 0) is 16.6 Å². The van der Waals surface area contributed by atoms with Gasteiger partial charge in [-0.2, -0.15) is 4.57 Å². The molecule has 0 aliphatic carbocycles. The molecule has 1 unspecified atom stereocenters. The van der Waals surface area contributed by atoms with Crippen molar-refractivity contribution in [3.8, 4) is 5.82 Å². The molecule has 1 atom stereocenters. The van der Waals surface area contributed by atoms with Gasteiger partial charge in [0.05, 0.1) is 22.5 Å². The Kier molecular flexibility index (Phi) is 6.17. The van der Waals surface area contributed by atoms with Gasteiger partial charge in [-0.15, -0.1) is 4.36 Å². The Hall–Kier alpha value is -2.62. The third-order valence-electron chi connectivity index (χ3n) is 4.77.